The second-order valence-electron chi connectivity index (χ2n) is 6.74. The number of benzene rings is 2. The number of methoxy groups -OCH3 is 3. The van der Waals surface area contributed by atoms with Crippen molar-refractivity contribution in [3.63, 3.8) is 0 Å². The summed E-state index contributed by atoms with van der Waals surface area (Å²) >= 11 is 0. The Bertz CT molecular complexity index is 900. The zero-order chi connectivity index (χ0) is 19.2. The van der Waals surface area contributed by atoms with Crippen molar-refractivity contribution in [1.29, 1.82) is 0 Å². The van der Waals surface area contributed by atoms with E-state index >= 15 is 0 Å². The molecule has 2 aromatic rings. The molecule has 0 saturated carbocycles. The van der Waals surface area contributed by atoms with E-state index in [-0.39, 0.29) is 12.1 Å². The van der Waals surface area contributed by atoms with Crippen molar-refractivity contribution >= 4 is 11.7 Å². The molecule has 4 rings (SSSR count). The Morgan fingerprint density at radius 2 is 1.81 bits per heavy atom. The molecule has 2 aliphatic heterocycles. The summed E-state index contributed by atoms with van der Waals surface area (Å²) < 4.78 is 22.5. The number of hydrogen-bond acceptors (Lipinski definition) is 5. The summed E-state index contributed by atoms with van der Waals surface area (Å²) in [6.07, 6.45) is 0.604. The maximum atomic E-state index is 13.0. The first-order valence-corrected chi connectivity index (χ1v) is 8.69. The smallest absolute Gasteiger partial charge is 0.325 e. The fourth-order valence-corrected chi connectivity index (χ4v) is 3.88. The summed E-state index contributed by atoms with van der Waals surface area (Å²) in [6, 6.07) is 10.7. The van der Waals surface area contributed by atoms with Gasteiger partial charge in [0.1, 0.15) is 0 Å². The van der Waals surface area contributed by atoms with Gasteiger partial charge >= 0.3 is 6.03 Å². The van der Waals surface area contributed by atoms with Gasteiger partial charge in [0.2, 0.25) is 0 Å². The van der Waals surface area contributed by atoms with Crippen molar-refractivity contribution in [3.8, 4) is 23.0 Å². The van der Waals surface area contributed by atoms with E-state index < -0.39 is 5.72 Å². The van der Waals surface area contributed by atoms with Gasteiger partial charge in [-0.15, -0.1) is 0 Å². The lowest BCUT2D eigenvalue weighted by Gasteiger charge is -2.50. The third kappa shape index (κ3) is 2.61. The Balaban J connectivity index is 1.80. The zero-order valence-corrected chi connectivity index (χ0v) is 15.7. The number of hydrogen-bond donors (Lipinski definition) is 1. The maximum Gasteiger partial charge on any atom is 0.325 e. The lowest BCUT2D eigenvalue weighted by Crippen LogP contribution is -2.65. The molecular formula is C20H22N2O5. The van der Waals surface area contributed by atoms with E-state index in [1.54, 1.807) is 38.4 Å². The number of carbonyl (C=O) groups excluding carboxylic acids is 1. The summed E-state index contributed by atoms with van der Waals surface area (Å²) in [6.45, 7) is 1.91. The summed E-state index contributed by atoms with van der Waals surface area (Å²) in [4.78, 5) is 14.6. The molecule has 0 aromatic heterocycles. The van der Waals surface area contributed by atoms with E-state index in [9.17, 15) is 4.79 Å². The standard InChI is InChI=1S/C20H22N2O5/c1-20-11-14(13-6-5-7-16(25-3)18(13)27-20)21-19(23)22(20)12-8-9-15(24-2)17(10-12)26-4/h5-10,14H,11H2,1-4H3,(H,21,23)/t14-,20-/m1/s1. The molecule has 142 valence electrons. The molecule has 2 amide bonds. The minimum absolute atomic E-state index is 0.141. The van der Waals surface area contributed by atoms with Crippen LogP contribution in [0.5, 0.6) is 23.0 Å². The lowest BCUT2D eigenvalue weighted by molar-refractivity contribution is 0.0349. The number of fused-ring (bicyclic) bond motifs is 4. The topological polar surface area (TPSA) is 69.3 Å². The molecule has 0 unspecified atom stereocenters. The molecule has 1 N–H and O–H groups in total. The largest absolute Gasteiger partial charge is 0.493 e. The summed E-state index contributed by atoms with van der Waals surface area (Å²) in [5.41, 5.74) is 0.713. The van der Waals surface area contributed by atoms with Gasteiger partial charge in [-0.2, -0.15) is 0 Å². The molecule has 2 aliphatic rings. The van der Waals surface area contributed by atoms with Gasteiger partial charge in [-0.05, 0) is 25.1 Å². The highest BCUT2D eigenvalue weighted by Gasteiger charge is 2.50. The summed E-state index contributed by atoms with van der Waals surface area (Å²) in [7, 11) is 4.74. The molecule has 0 aliphatic carbocycles. The van der Waals surface area contributed by atoms with Crippen LogP contribution in [0.1, 0.15) is 24.9 Å². The third-order valence-electron chi connectivity index (χ3n) is 5.11. The fraction of sp³-hybridized carbons (Fsp3) is 0.350. The molecule has 1 fully saturated rings. The monoisotopic (exact) mass is 370 g/mol. The number of ether oxygens (including phenoxy) is 4. The maximum absolute atomic E-state index is 13.0. The molecule has 7 heteroatoms. The number of urea groups is 1. The number of anilines is 1. The minimum Gasteiger partial charge on any atom is -0.493 e. The van der Waals surface area contributed by atoms with Gasteiger partial charge in [-0.3, -0.25) is 4.90 Å². The fourth-order valence-electron chi connectivity index (χ4n) is 3.88. The van der Waals surface area contributed by atoms with E-state index in [1.165, 1.54) is 0 Å². The molecule has 7 nitrogen and oxygen atoms in total. The van der Waals surface area contributed by atoms with Crippen molar-refractivity contribution in [3.05, 3.63) is 42.0 Å². The lowest BCUT2D eigenvalue weighted by atomic mass is 9.90. The summed E-state index contributed by atoms with van der Waals surface area (Å²) in [5, 5.41) is 3.07. The number of nitrogens with zero attached hydrogens (tertiary/aromatic N) is 1. The van der Waals surface area contributed by atoms with Crippen LogP contribution in [0.2, 0.25) is 0 Å². The Hall–Kier alpha value is -3.09. The molecule has 0 radical (unpaired) electrons. The van der Waals surface area contributed by atoms with Crippen molar-refractivity contribution < 1.29 is 23.7 Å². The van der Waals surface area contributed by atoms with Crippen LogP contribution in [0.25, 0.3) is 0 Å². The molecule has 2 aromatic carbocycles. The predicted octanol–water partition coefficient (Wildman–Crippen LogP) is 3.48. The van der Waals surface area contributed by atoms with E-state index in [1.807, 2.05) is 31.2 Å². The Labute approximate surface area is 157 Å². The van der Waals surface area contributed by atoms with E-state index in [4.69, 9.17) is 18.9 Å². The highest BCUT2D eigenvalue weighted by Crippen LogP contribution is 2.49. The van der Waals surface area contributed by atoms with Gasteiger partial charge in [0, 0.05) is 18.1 Å². The molecule has 1 saturated heterocycles. The average Bonchev–Trinajstić information content (AvgIpc) is 2.66. The molecule has 27 heavy (non-hydrogen) atoms. The van der Waals surface area contributed by atoms with Gasteiger partial charge in [0.25, 0.3) is 0 Å². The van der Waals surface area contributed by atoms with Gasteiger partial charge in [-0.1, -0.05) is 12.1 Å². The van der Waals surface area contributed by atoms with Crippen LogP contribution in [0.4, 0.5) is 10.5 Å². The van der Waals surface area contributed by atoms with Crippen molar-refractivity contribution in [1.82, 2.24) is 5.32 Å². The number of rotatable bonds is 4. The molecule has 2 heterocycles. The first-order chi connectivity index (χ1) is 13.0. The average molecular weight is 370 g/mol. The Morgan fingerprint density at radius 1 is 1.07 bits per heavy atom. The SMILES string of the molecule is COc1ccc(N2C(=O)N[C@@H]3C[C@@]2(C)Oc2c(OC)cccc23)cc1OC. The number of carbonyl (C=O) groups is 1. The van der Waals surface area contributed by atoms with Crippen LogP contribution >= 0.6 is 0 Å². The van der Waals surface area contributed by atoms with E-state index in [0.717, 1.165) is 5.56 Å². The highest BCUT2D eigenvalue weighted by atomic mass is 16.5. The van der Waals surface area contributed by atoms with Crippen LogP contribution in [-0.4, -0.2) is 33.1 Å². The molecular weight excluding hydrogens is 348 g/mol. The van der Waals surface area contributed by atoms with E-state index in [2.05, 4.69) is 5.32 Å². The first-order valence-electron chi connectivity index (χ1n) is 8.69. The van der Waals surface area contributed by atoms with E-state index in [0.29, 0.717) is 35.1 Å². The van der Waals surface area contributed by atoms with Gasteiger partial charge in [-0.25, -0.2) is 4.79 Å². The van der Waals surface area contributed by atoms with Crippen molar-refractivity contribution in [2.75, 3.05) is 26.2 Å². The van der Waals surface area contributed by atoms with Crippen LogP contribution in [0.15, 0.2) is 36.4 Å². The van der Waals surface area contributed by atoms with Gasteiger partial charge in [0.15, 0.2) is 28.7 Å². The van der Waals surface area contributed by atoms with Crippen molar-refractivity contribution in [2.45, 2.75) is 25.1 Å². The quantitative estimate of drug-likeness (QED) is 0.892. The normalized spacial score (nSPS) is 23.0. The second kappa shape index (κ2) is 6.26. The minimum atomic E-state index is -0.867. The molecule has 2 bridgehead atoms. The number of nitrogens with one attached hydrogen (secondary N) is 1. The van der Waals surface area contributed by atoms with Gasteiger partial charge < -0.3 is 24.3 Å². The summed E-state index contributed by atoms with van der Waals surface area (Å²) in [5.74, 6) is 2.44. The van der Waals surface area contributed by atoms with Gasteiger partial charge in [0.05, 0.1) is 33.1 Å². The molecule has 0 spiro atoms. The first kappa shape index (κ1) is 17.3. The Kier molecular flexibility index (Phi) is 4.02. The predicted molar refractivity (Wildman–Crippen MR) is 99.9 cm³/mol. The van der Waals surface area contributed by atoms with Crippen LogP contribution < -0.4 is 29.2 Å². The number of para-hydroxylation sites is 1. The highest BCUT2D eigenvalue weighted by molar-refractivity contribution is 5.95. The zero-order valence-electron chi connectivity index (χ0n) is 15.7. The molecule has 2 atom stereocenters. The number of amides is 2. The van der Waals surface area contributed by atoms with Crippen LogP contribution in [0, 0.1) is 0 Å². The second-order valence-corrected chi connectivity index (χ2v) is 6.74. The van der Waals surface area contributed by atoms with Crippen LogP contribution in [0.3, 0.4) is 0 Å². The third-order valence-corrected chi connectivity index (χ3v) is 5.11. The Morgan fingerprint density at radius 3 is 2.52 bits per heavy atom. The van der Waals surface area contributed by atoms with Crippen molar-refractivity contribution in [2.24, 2.45) is 0 Å². The van der Waals surface area contributed by atoms with Crippen LogP contribution in [-0.2, 0) is 0 Å².